The number of rotatable bonds is 0. The fraction of sp³-hybridized carbons (Fsp3) is 0.500. The molecule has 0 spiro atoms. The fourth-order valence-corrected chi connectivity index (χ4v) is 1.82. The van der Waals surface area contributed by atoms with Crippen LogP contribution in [0, 0.1) is 0 Å². The summed E-state index contributed by atoms with van der Waals surface area (Å²) >= 11 is 0. The molecule has 0 bridgehead atoms. The standard InChI is InChI=1S/C12H16N4/c1-3-13-9-7-11(9)15-5-2-6-16-12-8-10(12)14-4-1/h1-6,9-13,15H,7-8H2/b3-1-,5-2-,14-4?,16-6?/t9?,10-,11?,12+. The molecule has 4 nitrogen and oxygen atoms in total. The summed E-state index contributed by atoms with van der Waals surface area (Å²) in [5.41, 5.74) is 0. The molecule has 0 aromatic heterocycles. The highest BCUT2D eigenvalue weighted by Gasteiger charge is 2.36. The maximum atomic E-state index is 4.42. The Morgan fingerprint density at radius 1 is 0.812 bits per heavy atom. The summed E-state index contributed by atoms with van der Waals surface area (Å²) in [5.74, 6) is 0. The molecule has 84 valence electrons. The molecule has 16 heavy (non-hydrogen) atoms. The molecule has 2 saturated carbocycles. The lowest BCUT2D eigenvalue weighted by atomic mass is 10.5. The molecule has 4 heteroatoms. The predicted octanol–water partition coefficient (Wildman–Crippen LogP) is 0.630. The van der Waals surface area contributed by atoms with Gasteiger partial charge in [0.05, 0.1) is 12.1 Å². The van der Waals surface area contributed by atoms with E-state index in [2.05, 4.69) is 20.6 Å². The number of nitrogens with zero attached hydrogens (tertiary/aromatic N) is 2. The summed E-state index contributed by atoms with van der Waals surface area (Å²) in [6, 6.07) is 1.92. The zero-order chi connectivity index (χ0) is 10.8. The summed E-state index contributed by atoms with van der Waals surface area (Å²) in [6.45, 7) is 0. The highest BCUT2D eigenvalue weighted by molar-refractivity contribution is 5.72. The first-order chi connectivity index (χ1) is 7.93. The van der Waals surface area contributed by atoms with Crippen LogP contribution in [0.3, 0.4) is 0 Å². The molecule has 1 aliphatic heterocycles. The molecule has 0 saturated heterocycles. The summed E-state index contributed by atoms with van der Waals surface area (Å²) < 4.78 is 0. The van der Waals surface area contributed by atoms with Crippen molar-refractivity contribution in [1.29, 1.82) is 0 Å². The zero-order valence-corrected chi connectivity index (χ0v) is 9.08. The van der Waals surface area contributed by atoms with Crippen molar-refractivity contribution in [2.24, 2.45) is 9.98 Å². The Bertz CT molecular complexity index is 335. The van der Waals surface area contributed by atoms with Crippen molar-refractivity contribution in [3.05, 3.63) is 24.6 Å². The minimum absolute atomic E-state index is 0.402. The van der Waals surface area contributed by atoms with Crippen LogP contribution in [-0.2, 0) is 0 Å². The van der Waals surface area contributed by atoms with E-state index in [0.29, 0.717) is 24.2 Å². The quantitative estimate of drug-likeness (QED) is 0.624. The van der Waals surface area contributed by atoms with Crippen LogP contribution in [0.2, 0.25) is 0 Å². The minimum atomic E-state index is 0.402. The number of allylic oxidation sites excluding steroid dienone is 2. The number of aliphatic imine (C=N–C) groups is 2. The van der Waals surface area contributed by atoms with E-state index in [-0.39, 0.29) is 0 Å². The van der Waals surface area contributed by atoms with E-state index in [1.54, 1.807) is 0 Å². The topological polar surface area (TPSA) is 48.8 Å². The molecular formula is C12H16N4. The highest BCUT2D eigenvalue weighted by Crippen LogP contribution is 2.28. The largest absolute Gasteiger partial charge is 0.386 e. The molecule has 1 heterocycles. The van der Waals surface area contributed by atoms with Crippen LogP contribution in [-0.4, -0.2) is 36.6 Å². The van der Waals surface area contributed by atoms with E-state index in [9.17, 15) is 0 Å². The fourth-order valence-electron chi connectivity index (χ4n) is 1.82. The van der Waals surface area contributed by atoms with Crippen molar-refractivity contribution in [3.63, 3.8) is 0 Å². The monoisotopic (exact) mass is 216 g/mol. The molecular weight excluding hydrogens is 200 g/mol. The summed E-state index contributed by atoms with van der Waals surface area (Å²) in [5, 5.41) is 6.67. The van der Waals surface area contributed by atoms with Crippen LogP contribution in [0.1, 0.15) is 12.8 Å². The molecule has 2 N–H and O–H groups in total. The second-order valence-electron chi connectivity index (χ2n) is 4.47. The van der Waals surface area contributed by atoms with E-state index in [1.807, 2.05) is 37.0 Å². The van der Waals surface area contributed by atoms with Crippen LogP contribution in [0.15, 0.2) is 34.5 Å². The number of hydrogen-bond donors (Lipinski definition) is 2. The third kappa shape index (κ3) is 2.32. The molecule has 2 fully saturated rings. The first kappa shape index (κ1) is 9.63. The van der Waals surface area contributed by atoms with Gasteiger partial charge in [-0.05, 0) is 37.4 Å². The van der Waals surface area contributed by atoms with Crippen LogP contribution < -0.4 is 10.6 Å². The molecule has 3 rings (SSSR count). The SMILES string of the molecule is C1=N[C@H]2C[C@H]2N=C/C=C\NC2CC2N/C=C\1. The van der Waals surface area contributed by atoms with Crippen molar-refractivity contribution in [2.75, 3.05) is 0 Å². The van der Waals surface area contributed by atoms with Gasteiger partial charge in [0.2, 0.25) is 0 Å². The Morgan fingerprint density at radius 2 is 1.38 bits per heavy atom. The summed E-state index contributed by atoms with van der Waals surface area (Å²) in [4.78, 5) is 8.84. The van der Waals surface area contributed by atoms with Gasteiger partial charge in [-0.2, -0.15) is 0 Å². The highest BCUT2D eigenvalue weighted by atomic mass is 15.1. The minimum Gasteiger partial charge on any atom is -0.386 e. The molecule has 0 radical (unpaired) electrons. The summed E-state index contributed by atoms with van der Waals surface area (Å²) in [7, 11) is 0. The number of hydrogen-bond acceptors (Lipinski definition) is 4. The van der Waals surface area contributed by atoms with E-state index in [1.165, 1.54) is 6.42 Å². The molecule has 0 amide bonds. The predicted molar refractivity (Wildman–Crippen MR) is 65.9 cm³/mol. The molecule has 0 aromatic carbocycles. The van der Waals surface area contributed by atoms with Gasteiger partial charge in [0.1, 0.15) is 0 Å². The number of nitrogens with one attached hydrogen (secondary N) is 2. The Labute approximate surface area is 95.2 Å². The second-order valence-corrected chi connectivity index (χ2v) is 4.47. The maximum absolute atomic E-state index is 4.42. The Kier molecular flexibility index (Phi) is 2.48. The smallest absolute Gasteiger partial charge is 0.0744 e. The van der Waals surface area contributed by atoms with Gasteiger partial charge < -0.3 is 10.6 Å². The first-order valence-corrected chi connectivity index (χ1v) is 5.82. The average Bonchev–Trinajstić information content (AvgIpc) is 3.15. The molecule has 2 unspecified atom stereocenters. The summed E-state index contributed by atoms with van der Waals surface area (Å²) in [6.07, 6.45) is 13.9. The average molecular weight is 216 g/mol. The molecule has 4 atom stereocenters. The van der Waals surface area contributed by atoms with Gasteiger partial charge in [-0.3, -0.25) is 9.98 Å². The Balaban J connectivity index is 1.63. The van der Waals surface area contributed by atoms with Gasteiger partial charge in [-0.1, -0.05) is 0 Å². The van der Waals surface area contributed by atoms with Crippen LogP contribution in [0.4, 0.5) is 0 Å². The van der Waals surface area contributed by atoms with Crippen molar-refractivity contribution >= 4 is 12.4 Å². The number of fused-ring (bicyclic) bond motifs is 2. The lowest BCUT2D eigenvalue weighted by Crippen LogP contribution is -2.20. The van der Waals surface area contributed by atoms with Gasteiger partial charge in [-0.25, -0.2) is 0 Å². The maximum Gasteiger partial charge on any atom is 0.0744 e. The molecule has 3 aliphatic rings. The van der Waals surface area contributed by atoms with E-state index < -0.39 is 0 Å². The van der Waals surface area contributed by atoms with Gasteiger partial charge in [0.15, 0.2) is 0 Å². The second kappa shape index (κ2) is 4.12. The normalized spacial score (nSPS) is 44.0. The van der Waals surface area contributed by atoms with Gasteiger partial charge >= 0.3 is 0 Å². The van der Waals surface area contributed by atoms with Crippen molar-refractivity contribution in [1.82, 2.24) is 10.6 Å². The Hall–Kier alpha value is -1.58. The van der Waals surface area contributed by atoms with Gasteiger partial charge in [-0.15, -0.1) is 0 Å². The van der Waals surface area contributed by atoms with E-state index >= 15 is 0 Å². The van der Waals surface area contributed by atoms with E-state index in [0.717, 1.165) is 6.42 Å². The van der Waals surface area contributed by atoms with E-state index in [4.69, 9.17) is 0 Å². The van der Waals surface area contributed by atoms with Crippen molar-refractivity contribution in [2.45, 2.75) is 37.0 Å². The third-order valence-corrected chi connectivity index (χ3v) is 3.05. The first-order valence-electron chi connectivity index (χ1n) is 5.82. The molecule has 2 aliphatic carbocycles. The lowest BCUT2D eigenvalue weighted by Gasteiger charge is -1.99. The zero-order valence-electron chi connectivity index (χ0n) is 9.08. The van der Waals surface area contributed by atoms with Gasteiger partial charge in [0, 0.05) is 24.5 Å². The van der Waals surface area contributed by atoms with Crippen LogP contribution in [0.25, 0.3) is 0 Å². The lowest BCUT2D eigenvalue weighted by molar-refractivity contribution is 0.757. The molecule has 0 aromatic rings. The van der Waals surface area contributed by atoms with Crippen LogP contribution >= 0.6 is 0 Å². The van der Waals surface area contributed by atoms with Gasteiger partial charge in [0.25, 0.3) is 0 Å². The van der Waals surface area contributed by atoms with Crippen molar-refractivity contribution < 1.29 is 0 Å². The third-order valence-electron chi connectivity index (χ3n) is 3.05. The van der Waals surface area contributed by atoms with Crippen LogP contribution in [0.5, 0.6) is 0 Å². The van der Waals surface area contributed by atoms with Crippen molar-refractivity contribution in [3.8, 4) is 0 Å². The Morgan fingerprint density at radius 3 is 1.94 bits per heavy atom.